The van der Waals surface area contributed by atoms with Crippen LogP contribution < -0.4 is 5.32 Å². The molecule has 1 fully saturated rings. The number of aromatic nitrogens is 2. The fourth-order valence-electron chi connectivity index (χ4n) is 2.14. The van der Waals surface area contributed by atoms with Gasteiger partial charge >= 0.3 is 6.09 Å². The van der Waals surface area contributed by atoms with Crippen molar-refractivity contribution in [2.24, 2.45) is 0 Å². The van der Waals surface area contributed by atoms with Crippen LogP contribution in [0.25, 0.3) is 0 Å². The number of ether oxygens (including phenoxy) is 1. The molecule has 122 valence electrons. The third-order valence-corrected chi connectivity index (χ3v) is 3.47. The number of carbonyl (C=O) groups is 1. The van der Waals surface area contributed by atoms with Crippen molar-refractivity contribution in [1.29, 1.82) is 0 Å². The standard InChI is InChI=1S/C14H21ClN4O3/c1-14(2,3)22-13(21)19-6-4-9(5-7-19)17-12-16-8-10(15)11(20)18-12/h8-9H,4-7H2,1-3H3,(H2,16,17,18,20). The van der Waals surface area contributed by atoms with Gasteiger partial charge in [0, 0.05) is 19.1 Å². The lowest BCUT2D eigenvalue weighted by Crippen LogP contribution is -2.44. The molecule has 0 saturated carbocycles. The fraction of sp³-hybridized carbons (Fsp3) is 0.643. The summed E-state index contributed by atoms with van der Waals surface area (Å²) in [7, 11) is 0. The lowest BCUT2D eigenvalue weighted by atomic mass is 10.1. The van der Waals surface area contributed by atoms with Gasteiger partial charge in [-0.2, -0.15) is 4.98 Å². The molecule has 0 aromatic carbocycles. The number of nitrogens with zero attached hydrogens (tertiary/aromatic N) is 3. The molecule has 1 saturated heterocycles. The first-order valence-electron chi connectivity index (χ1n) is 7.20. The zero-order valence-electron chi connectivity index (χ0n) is 13.0. The van der Waals surface area contributed by atoms with Crippen LogP contribution in [0.2, 0.25) is 5.02 Å². The largest absolute Gasteiger partial charge is 0.492 e. The zero-order chi connectivity index (χ0) is 16.3. The number of halogens is 1. The van der Waals surface area contributed by atoms with Gasteiger partial charge in [0.05, 0.1) is 6.20 Å². The van der Waals surface area contributed by atoms with E-state index in [4.69, 9.17) is 16.3 Å². The number of hydrogen-bond acceptors (Lipinski definition) is 6. The molecule has 1 aromatic rings. The monoisotopic (exact) mass is 328 g/mol. The highest BCUT2D eigenvalue weighted by atomic mass is 35.5. The summed E-state index contributed by atoms with van der Waals surface area (Å²) in [6, 6.07) is 0.138. The van der Waals surface area contributed by atoms with Gasteiger partial charge in [0.15, 0.2) is 0 Å². The van der Waals surface area contributed by atoms with Gasteiger partial charge in [-0.3, -0.25) is 0 Å². The second kappa shape index (κ2) is 6.56. The predicted octanol–water partition coefficient (Wildman–Crippen LogP) is 2.65. The van der Waals surface area contributed by atoms with Gasteiger partial charge in [-0.1, -0.05) is 11.6 Å². The molecule has 7 nitrogen and oxygen atoms in total. The highest BCUT2D eigenvalue weighted by molar-refractivity contribution is 6.31. The van der Waals surface area contributed by atoms with Gasteiger partial charge in [-0.25, -0.2) is 9.78 Å². The van der Waals surface area contributed by atoms with Crippen molar-refractivity contribution in [1.82, 2.24) is 14.9 Å². The molecular weight excluding hydrogens is 308 g/mol. The topological polar surface area (TPSA) is 87.6 Å². The van der Waals surface area contributed by atoms with E-state index in [2.05, 4.69) is 15.3 Å². The van der Waals surface area contributed by atoms with E-state index in [1.54, 1.807) is 4.90 Å². The summed E-state index contributed by atoms with van der Waals surface area (Å²) < 4.78 is 5.35. The molecule has 0 bridgehead atoms. The molecular formula is C14H21ClN4O3. The van der Waals surface area contributed by atoms with E-state index in [0.717, 1.165) is 12.8 Å². The van der Waals surface area contributed by atoms with Crippen LogP contribution in [0.1, 0.15) is 33.6 Å². The van der Waals surface area contributed by atoms with Gasteiger partial charge in [0.2, 0.25) is 11.8 Å². The zero-order valence-corrected chi connectivity index (χ0v) is 13.7. The van der Waals surface area contributed by atoms with Crippen molar-refractivity contribution in [2.75, 3.05) is 18.4 Å². The summed E-state index contributed by atoms with van der Waals surface area (Å²) >= 11 is 5.67. The Morgan fingerprint density at radius 2 is 2.09 bits per heavy atom. The summed E-state index contributed by atoms with van der Waals surface area (Å²) in [5.74, 6) is 0.0861. The molecule has 1 aromatic heterocycles. The minimum Gasteiger partial charge on any atom is -0.492 e. The maximum absolute atomic E-state index is 12.0. The smallest absolute Gasteiger partial charge is 0.410 e. The van der Waals surface area contributed by atoms with Crippen LogP contribution in [0, 0.1) is 0 Å². The summed E-state index contributed by atoms with van der Waals surface area (Å²) in [6.07, 6.45) is 2.58. The van der Waals surface area contributed by atoms with Crippen molar-refractivity contribution < 1.29 is 14.6 Å². The lowest BCUT2D eigenvalue weighted by molar-refractivity contribution is 0.0210. The lowest BCUT2D eigenvalue weighted by Gasteiger charge is -2.33. The van der Waals surface area contributed by atoms with Crippen LogP contribution in [0.15, 0.2) is 6.20 Å². The average Bonchev–Trinajstić information content (AvgIpc) is 2.42. The van der Waals surface area contributed by atoms with Crippen molar-refractivity contribution in [2.45, 2.75) is 45.3 Å². The number of likely N-dealkylation sites (tertiary alicyclic amines) is 1. The Balaban J connectivity index is 1.84. The van der Waals surface area contributed by atoms with E-state index in [0.29, 0.717) is 19.0 Å². The first-order chi connectivity index (χ1) is 10.2. The van der Waals surface area contributed by atoms with Crippen LogP contribution in [0.3, 0.4) is 0 Å². The van der Waals surface area contributed by atoms with Crippen LogP contribution >= 0.6 is 11.6 Å². The number of rotatable bonds is 2. The van der Waals surface area contributed by atoms with Crippen molar-refractivity contribution in [3.8, 4) is 5.88 Å². The first-order valence-corrected chi connectivity index (χ1v) is 7.58. The van der Waals surface area contributed by atoms with E-state index < -0.39 is 5.60 Å². The number of piperidine rings is 1. The van der Waals surface area contributed by atoms with Gasteiger partial charge in [-0.15, -0.1) is 0 Å². The third kappa shape index (κ3) is 4.62. The number of hydrogen-bond donors (Lipinski definition) is 2. The fourth-order valence-corrected chi connectivity index (χ4v) is 2.23. The van der Waals surface area contributed by atoms with Gasteiger partial charge in [0.1, 0.15) is 10.6 Å². The quantitative estimate of drug-likeness (QED) is 0.867. The van der Waals surface area contributed by atoms with Gasteiger partial charge in [0.25, 0.3) is 0 Å². The normalized spacial score (nSPS) is 16.5. The highest BCUT2D eigenvalue weighted by Crippen LogP contribution is 2.22. The molecule has 0 radical (unpaired) electrons. The molecule has 1 aliphatic heterocycles. The van der Waals surface area contributed by atoms with Crippen LogP contribution in [-0.2, 0) is 4.74 Å². The Hall–Kier alpha value is -1.76. The summed E-state index contributed by atoms with van der Waals surface area (Å²) in [4.78, 5) is 21.6. The highest BCUT2D eigenvalue weighted by Gasteiger charge is 2.27. The van der Waals surface area contributed by atoms with Crippen LogP contribution in [0.4, 0.5) is 10.7 Å². The second-order valence-electron chi connectivity index (χ2n) is 6.25. The Morgan fingerprint density at radius 3 is 2.64 bits per heavy atom. The summed E-state index contributed by atoms with van der Waals surface area (Å²) in [5, 5.41) is 12.7. The SMILES string of the molecule is CC(C)(C)OC(=O)N1CCC(Nc2ncc(Cl)c(O)n2)CC1. The minimum atomic E-state index is -0.485. The number of amides is 1. The Morgan fingerprint density at radius 1 is 1.45 bits per heavy atom. The molecule has 0 spiro atoms. The molecule has 1 amide bonds. The molecule has 8 heteroatoms. The molecule has 2 heterocycles. The summed E-state index contributed by atoms with van der Waals surface area (Å²) in [5.41, 5.74) is -0.485. The Bertz CT molecular complexity index is 539. The van der Waals surface area contributed by atoms with E-state index in [1.807, 2.05) is 20.8 Å². The molecule has 0 aliphatic carbocycles. The Labute approximate surface area is 134 Å². The Kier molecular flexibility index (Phi) is 4.95. The van der Waals surface area contributed by atoms with E-state index in [1.165, 1.54) is 6.20 Å². The maximum Gasteiger partial charge on any atom is 0.410 e. The maximum atomic E-state index is 12.0. The average molecular weight is 329 g/mol. The van der Waals surface area contributed by atoms with Crippen molar-refractivity contribution in [3.05, 3.63) is 11.2 Å². The number of anilines is 1. The van der Waals surface area contributed by atoms with Crippen LogP contribution in [0.5, 0.6) is 5.88 Å². The van der Waals surface area contributed by atoms with E-state index >= 15 is 0 Å². The minimum absolute atomic E-state index is 0.116. The van der Waals surface area contributed by atoms with Gasteiger partial charge < -0.3 is 20.1 Å². The third-order valence-electron chi connectivity index (χ3n) is 3.21. The molecule has 2 N–H and O–H groups in total. The second-order valence-corrected chi connectivity index (χ2v) is 6.66. The summed E-state index contributed by atoms with van der Waals surface area (Å²) in [6.45, 7) is 6.76. The van der Waals surface area contributed by atoms with Crippen molar-refractivity contribution >= 4 is 23.6 Å². The first kappa shape index (κ1) is 16.6. The van der Waals surface area contributed by atoms with Crippen LogP contribution in [-0.4, -0.2) is 50.8 Å². The van der Waals surface area contributed by atoms with Crippen molar-refractivity contribution in [3.63, 3.8) is 0 Å². The van der Waals surface area contributed by atoms with E-state index in [-0.39, 0.29) is 23.0 Å². The molecule has 2 rings (SSSR count). The van der Waals surface area contributed by atoms with Gasteiger partial charge in [-0.05, 0) is 33.6 Å². The predicted molar refractivity (Wildman–Crippen MR) is 83.2 cm³/mol. The molecule has 1 aliphatic rings. The number of nitrogens with one attached hydrogen (secondary N) is 1. The molecule has 22 heavy (non-hydrogen) atoms. The molecule has 0 unspecified atom stereocenters. The van der Waals surface area contributed by atoms with E-state index in [9.17, 15) is 9.90 Å². The number of carbonyl (C=O) groups excluding carboxylic acids is 1. The number of aromatic hydroxyl groups is 1. The molecule has 0 atom stereocenters.